The first-order valence-corrected chi connectivity index (χ1v) is 13.5. The van der Waals surface area contributed by atoms with Gasteiger partial charge in [-0.25, -0.2) is 4.79 Å². The van der Waals surface area contributed by atoms with Crippen LogP contribution in [0.25, 0.3) is 0 Å². The monoisotopic (exact) mass is 476 g/mol. The highest BCUT2D eigenvalue weighted by molar-refractivity contribution is 7.99. The fourth-order valence-corrected chi connectivity index (χ4v) is 6.97. The molecular weight excluding hydrogens is 444 g/mol. The minimum atomic E-state index is -0.338. The zero-order valence-electron chi connectivity index (χ0n) is 19.1. The Balaban J connectivity index is 1.46. The maximum atomic E-state index is 12.8. The molecule has 7 nitrogen and oxygen atoms in total. The molecule has 9 heteroatoms. The van der Waals surface area contributed by atoms with Crippen LogP contribution < -0.4 is 5.32 Å². The van der Waals surface area contributed by atoms with Gasteiger partial charge in [-0.2, -0.15) is 0 Å². The summed E-state index contributed by atoms with van der Waals surface area (Å²) in [6.45, 7) is 7.24. The molecule has 174 valence electrons. The van der Waals surface area contributed by atoms with Crippen LogP contribution in [0.5, 0.6) is 0 Å². The lowest BCUT2D eigenvalue weighted by atomic mass is 9.88. The second kappa shape index (κ2) is 10.4. The maximum absolute atomic E-state index is 12.8. The predicted octanol–water partition coefficient (Wildman–Crippen LogP) is 5.05. The van der Waals surface area contributed by atoms with E-state index in [1.807, 2.05) is 0 Å². The number of rotatable bonds is 8. The second-order valence-electron chi connectivity index (χ2n) is 8.68. The summed E-state index contributed by atoms with van der Waals surface area (Å²) in [5.41, 5.74) is 1.61. The average molecular weight is 477 g/mol. The molecule has 4 rings (SSSR count). The number of ether oxygens (including phenoxy) is 1. The molecule has 1 unspecified atom stereocenters. The summed E-state index contributed by atoms with van der Waals surface area (Å²) in [7, 11) is 0. The fourth-order valence-electron chi connectivity index (χ4n) is 4.74. The normalized spacial score (nSPS) is 18.5. The molecule has 32 heavy (non-hydrogen) atoms. The Morgan fingerprint density at radius 1 is 1.22 bits per heavy atom. The van der Waals surface area contributed by atoms with Crippen LogP contribution in [0.1, 0.15) is 85.4 Å². The van der Waals surface area contributed by atoms with Crippen LogP contribution in [0.3, 0.4) is 0 Å². The van der Waals surface area contributed by atoms with E-state index in [1.54, 1.807) is 6.92 Å². The van der Waals surface area contributed by atoms with Gasteiger partial charge in [0.05, 0.1) is 17.9 Å². The topological polar surface area (TPSA) is 86.1 Å². The van der Waals surface area contributed by atoms with Crippen molar-refractivity contribution in [3.8, 4) is 0 Å². The van der Waals surface area contributed by atoms with E-state index < -0.39 is 0 Å². The molecule has 1 atom stereocenters. The molecule has 1 N–H and O–H groups in total. The Labute approximate surface area is 197 Å². The highest BCUT2D eigenvalue weighted by Crippen LogP contribution is 2.40. The molecular formula is C23H32N4O3S2. The van der Waals surface area contributed by atoms with Gasteiger partial charge in [-0.3, -0.25) is 4.79 Å². The minimum absolute atomic E-state index is 0.139. The molecule has 2 aromatic heterocycles. The van der Waals surface area contributed by atoms with Crippen LogP contribution in [0.2, 0.25) is 0 Å². The third-order valence-electron chi connectivity index (χ3n) is 6.36. The molecule has 0 aromatic carbocycles. The summed E-state index contributed by atoms with van der Waals surface area (Å²) in [4.78, 5) is 26.7. The second-order valence-corrected chi connectivity index (χ2v) is 10.7. The Kier molecular flexibility index (Phi) is 7.55. The van der Waals surface area contributed by atoms with Crippen LogP contribution in [0.4, 0.5) is 5.00 Å². The van der Waals surface area contributed by atoms with E-state index in [4.69, 9.17) is 4.74 Å². The van der Waals surface area contributed by atoms with Gasteiger partial charge in [0.1, 0.15) is 10.8 Å². The Bertz CT molecular complexity index is 978. The molecule has 1 fully saturated rings. The number of thiophene rings is 1. The summed E-state index contributed by atoms with van der Waals surface area (Å²) < 4.78 is 7.44. The van der Waals surface area contributed by atoms with E-state index in [1.165, 1.54) is 53.7 Å². The number of amides is 1. The molecule has 0 bridgehead atoms. The van der Waals surface area contributed by atoms with Gasteiger partial charge in [0.2, 0.25) is 5.91 Å². The number of carbonyl (C=O) groups excluding carboxylic acids is 2. The van der Waals surface area contributed by atoms with Gasteiger partial charge in [0.15, 0.2) is 5.16 Å². The van der Waals surface area contributed by atoms with Crippen LogP contribution in [0, 0.1) is 5.92 Å². The number of hydrogen-bond acceptors (Lipinski definition) is 7. The number of aromatic nitrogens is 3. The Hall–Kier alpha value is -1.87. The van der Waals surface area contributed by atoms with E-state index in [0.29, 0.717) is 29.0 Å². The van der Waals surface area contributed by atoms with E-state index in [0.717, 1.165) is 42.4 Å². The van der Waals surface area contributed by atoms with Crippen molar-refractivity contribution in [1.29, 1.82) is 0 Å². The molecule has 0 aliphatic heterocycles. The number of hydrogen-bond donors (Lipinski definition) is 1. The molecule has 0 radical (unpaired) electrons. The molecule has 2 aliphatic carbocycles. The van der Waals surface area contributed by atoms with Crippen molar-refractivity contribution in [2.45, 2.75) is 83.3 Å². The highest BCUT2D eigenvalue weighted by atomic mass is 32.2. The van der Waals surface area contributed by atoms with E-state index in [9.17, 15) is 9.59 Å². The van der Waals surface area contributed by atoms with Crippen molar-refractivity contribution in [1.82, 2.24) is 14.8 Å². The molecule has 0 saturated heterocycles. The third-order valence-corrected chi connectivity index (χ3v) is 8.50. The smallest absolute Gasteiger partial charge is 0.341 e. The molecule has 0 spiro atoms. The van der Waals surface area contributed by atoms with E-state index in [-0.39, 0.29) is 17.6 Å². The van der Waals surface area contributed by atoms with Crippen LogP contribution in [0.15, 0.2) is 5.16 Å². The summed E-state index contributed by atoms with van der Waals surface area (Å²) >= 11 is 2.93. The molecule has 2 aromatic rings. The zero-order chi connectivity index (χ0) is 22.7. The number of nitrogens with zero attached hydrogens (tertiary/aromatic N) is 3. The Morgan fingerprint density at radius 3 is 2.72 bits per heavy atom. The van der Waals surface area contributed by atoms with Gasteiger partial charge in [-0.05, 0) is 57.4 Å². The minimum Gasteiger partial charge on any atom is -0.462 e. The zero-order valence-corrected chi connectivity index (χ0v) is 20.7. The van der Waals surface area contributed by atoms with E-state index >= 15 is 0 Å². The first kappa shape index (κ1) is 23.3. The highest BCUT2D eigenvalue weighted by Gasteiger charge is 2.29. The lowest BCUT2D eigenvalue weighted by Crippen LogP contribution is -2.18. The SMILES string of the molecule is CCOC(=O)c1c(NC(=O)CSc2nnc(C3CCCC3)n2CC)sc2c1CCC(C)C2. The predicted molar refractivity (Wildman–Crippen MR) is 128 cm³/mol. The third kappa shape index (κ3) is 4.88. The number of anilines is 1. The van der Waals surface area contributed by atoms with Gasteiger partial charge in [-0.1, -0.05) is 31.5 Å². The number of esters is 1. The summed E-state index contributed by atoms with van der Waals surface area (Å²) in [6.07, 6.45) is 7.69. The number of fused-ring (bicyclic) bond motifs is 1. The summed E-state index contributed by atoms with van der Waals surface area (Å²) in [5.74, 6) is 1.87. The fraction of sp³-hybridized carbons (Fsp3) is 0.652. The number of thioether (sulfide) groups is 1. The van der Waals surface area contributed by atoms with Gasteiger partial charge < -0.3 is 14.6 Å². The summed E-state index contributed by atoms with van der Waals surface area (Å²) in [6, 6.07) is 0. The van der Waals surface area contributed by atoms with Crippen LogP contribution >= 0.6 is 23.1 Å². The van der Waals surface area contributed by atoms with Crippen molar-refractivity contribution >= 4 is 40.0 Å². The lowest BCUT2D eigenvalue weighted by Gasteiger charge is -2.18. The quantitative estimate of drug-likeness (QED) is 0.424. The van der Waals surface area contributed by atoms with Crippen LogP contribution in [-0.2, 0) is 28.9 Å². The molecule has 1 amide bonds. The molecule has 1 saturated carbocycles. The van der Waals surface area contributed by atoms with Crippen molar-refractivity contribution in [2.24, 2.45) is 5.92 Å². The lowest BCUT2D eigenvalue weighted by molar-refractivity contribution is -0.113. The van der Waals surface area contributed by atoms with Crippen molar-refractivity contribution in [3.05, 3.63) is 21.8 Å². The van der Waals surface area contributed by atoms with E-state index in [2.05, 4.69) is 33.9 Å². The van der Waals surface area contributed by atoms with Gasteiger partial charge in [0, 0.05) is 17.3 Å². The maximum Gasteiger partial charge on any atom is 0.341 e. The van der Waals surface area contributed by atoms with Crippen LogP contribution in [-0.4, -0.2) is 39.0 Å². The van der Waals surface area contributed by atoms with Crippen molar-refractivity contribution in [2.75, 3.05) is 17.7 Å². The van der Waals surface area contributed by atoms with Gasteiger partial charge >= 0.3 is 5.97 Å². The standard InChI is InChI=1S/C23H32N4O3S2/c1-4-27-20(15-8-6-7-9-15)25-26-23(27)31-13-18(28)24-21-19(22(29)30-5-2)16-11-10-14(3)12-17(16)32-21/h14-15H,4-13H2,1-3H3,(H,24,28). The Morgan fingerprint density at radius 2 is 2.00 bits per heavy atom. The first-order valence-electron chi connectivity index (χ1n) is 11.7. The van der Waals surface area contributed by atoms with Gasteiger partial charge in [-0.15, -0.1) is 21.5 Å². The largest absolute Gasteiger partial charge is 0.462 e. The number of nitrogens with one attached hydrogen (secondary N) is 1. The molecule has 2 aliphatic rings. The van der Waals surface area contributed by atoms with Crippen molar-refractivity contribution < 1.29 is 14.3 Å². The first-order chi connectivity index (χ1) is 15.5. The average Bonchev–Trinajstić information content (AvgIpc) is 3.49. The van der Waals surface area contributed by atoms with Crippen molar-refractivity contribution in [3.63, 3.8) is 0 Å². The molecule has 2 heterocycles. The summed E-state index contributed by atoms with van der Waals surface area (Å²) in [5, 5.41) is 13.2. The number of carbonyl (C=O) groups is 2. The van der Waals surface area contributed by atoms with Gasteiger partial charge in [0.25, 0.3) is 0 Å².